The third kappa shape index (κ3) is 6.48. The van der Waals surface area contributed by atoms with Crippen molar-refractivity contribution in [3.8, 4) is 11.1 Å². The predicted octanol–water partition coefficient (Wildman–Crippen LogP) is 5.47. The molecule has 0 bridgehead atoms. The summed E-state index contributed by atoms with van der Waals surface area (Å²) in [5.74, 6) is 0.247. The quantitative estimate of drug-likeness (QED) is 0.271. The van der Waals surface area contributed by atoms with E-state index in [2.05, 4.69) is 29.6 Å². The summed E-state index contributed by atoms with van der Waals surface area (Å²) in [4.78, 5) is 12.7. The van der Waals surface area contributed by atoms with Crippen molar-refractivity contribution in [3.05, 3.63) is 95.1 Å². The average Bonchev–Trinajstić information content (AvgIpc) is 3.54. The van der Waals surface area contributed by atoms with Crippen molar-refractivity contribution in [2.45, 2.75) is 63.9 Å². The fourth-order valence-electron chi connectivity index (χ4n) is 5.54. The SMILES string of the molecule is Cc1cc(-c2ccccc2)ccc1C(=O)O[C@H](C)OC[C@H](O)CNC1(CC2Cc3ccccc3C2)CC1. The van der Waals surface area contributed by atoms with E-state index in [1.165, 1.54) is 11.1 Å². The molecule has 37 heavy (non-hydrogen) atoms. The molecule has 0 aliphatic heterocycles. The van der Waals surface area contributed by atoms with Crippen molar-refractivity contribution in [1.82, 2.24) is 5.32 Å². The first kappa shape index (κ1) is 25.7. The predicted molar refractivity (Wildman–Crippen MR) is 145 cm³/mol. The highest BCUT2D eigenvalue weighted by Gasteiger charge is 2.44. The first-order valence-electron chi connectivity index (χ1n) is 13.4. The molecule has 0 heterocycles. The molecule has 2 atom stereocenters. The molecule has 5 nitrogen and oxygen atoms in total. The van der Waals surface area contributed by atoms with E-state index < -0.39 is 18.4 Å². The Morgan fingerprint density at radius 1 is 1.00 bits per heavy atom. The molecule has 1 saturated carbocycles. The third-order valence-electron chi connectivity index (χ3n) is 7.73. The zero-order chi connectivity index (χ0) is 25.8. The summed E-state index contributed by atoms with van der Waals surface area (Å²) in [5, 5.41) is 14.1. The molecule has 3 aromatic rings. The van der Waals surface area contributed by atoms with Crippen LogP contribution in [0.15, 0.2) is 72.8 Å². The lowest BCUT2D eigenvalue weighted by molar-refractivity contribution is -0.117. The van der Waals surface area contributed by atoms with Crippen molar-refractivity contribution in [2.24, 2.45) is 5.92 Å². The molecule has 0 unspecified atom stereocenters. The van der Waals surface area contributed by atoms with Crippen LogP contribution in [-0.2, 0) is 22.3 Å². The number of nitrogens with one attached hydrogen (secondary N) is 1. The second-order valence-electron chi connectivity index (χ2n) is 10.8. The second kappa shape index (κ2) is 11.2. The molecular weight excluding hydrogens is 462 g/mol. The summed E-state index contributed by atoms with van der Waals surface area (Å²) in [7, 11) is 0. The Kier molecular flexibility index (Phi) is 7.75. The maximum Gasteiger partial charge on any atom is 0.340 e. The standard InChI is InChI=1S/C32H37NO4/c1-22-16-28(25-8-4-3-5-9-25)12-13-30(22)31(35)37-23(2)36-21-29(34)20-33-32(14-15-32)19-24-17-26-10-6-7-11-27(26)18-24/h3-13,16,23-24,29,33-34H,14-15,17-21H2,1-2H3/t23-,29-/m1/s1. The Balaban J connectivity index is 1.04. The Bertz CT molecular complexity index is 1200. The zero-order valence-corrected chi connectivity index (χ0v) is 21.8. The molecule has 2 N–H and O–H groups in total. The molecule has 194 valence electrons. The van der Waals surface area contributed by atoms with E-state index in [-0.39, 0.29) is 12.1 Å². The number of carbonyl (C=O) groups excluding carboxylic acids is 1. The summed E-state index contributed by atoms with van der Waals surface area (Å²) in [5.41, 5.74) is 6.65. The van der Waals surface area contributed by atoms with Gasteiger partial charge in [0.15, 0.2) is 0 Å². The number of rotatable bonds is 11. The van der Waals surface area contributed by atoms with Crippen LogP contribution in [0.5, 0.6) is 0 Å². The number of hydrogen-bond donors (Lipinski definition) is 2. The summed E-state index contributed by atoms with van der Waals surface area (Å²) < 4.78 is 11.2. The Morgan fingerprint density at radius 2 is 1.68 bits per heavy atom. The van der Waals surface area contributed by atoms with Crippen molar-refractivity contribution in [1.29, 1.82) is 0 Å². The Labute approximate surface area is 219 Å². The topological polar surface area (TPSA) is 67.8 Å². The van der Waals surface area contributed by atoms with E-state index in [4.69, 9.17) is 9.47 Å². The fraction of sp³-hybridized carbons (Fsp3) is 0.406. The number of aliphatic hydroxyl groups excluding tert-OH is 1. The van der Waals surface area contributed by atoms with Crippen LogP contribution in [0.3, 0.4) is 0 Å². The van der Waals surface area contributed by atoms with Gasteiger partial charge in [0.1, 0.15) is 0 Å². The van der Waals surface area contributed by atoms with Crippen molar-refractivity contribution < 1.29 is 19.4 Å². The number of β-amino-alcohol motifs (C(OH)–C–C–N with tert-alkyl or cyclic N) is 1. The second-order valence-corrected chi connectivity index (χ2v) is 10.8. The molecule has 3 aromatic carbocycles. The number of esters is 1. The monoisotopic (exact) mass is 499 g/mol. The lowest BCUT2D eigenvalue weighted by atomic mass is 9.95. The minimum Gasteiger partial charge on any atom is -0.432 e. The van der Waals surface area contributed by atoms with Gasteiger partial charge in [0.2, 0.25) is 6.29 Å². The number of aliphatic hydroxyl groups is 1. The van der Waals surface area contributed by atoms with Crippen LogP contribution in [0.4, 0.5) is 0 Å². The van der Waals surface area contributed by atoms with Gasteiger partial charge in [-0.2, -0.15) is 0 Å². The van der Waals surface area contributed by atoms with Crippen molar-refractivity contribution >= 4 is 5.97 Å². The highest BCUT2D eigenvalue weighted by atomic mass is 16.7. The molecule has 0 amide bonds. The van der Waals surface area contributed by atoms with Gasteiger partial charge in [0.25, 0.3) is 0 Å². The van der Waals surface area contributed by atoms with E-state index in [0.29, 0.717) is 18.0 Å². The molecule has 2 aliphatic carbocycles. The number of aryl methyl sites for hydroxylation is 1. The molecule has 0 radical (unpaired) electrons. The van der Waals surface area contributed by atoms with E-state index >= 15 is 0 Å². The lowest BCUT2D eigenvalue weighted by Crippen LogP contribution is -2.41. The van der Waals surface area contributed by atoms with Crippen LogP contribution < -0.4 is 5.32 Å². The van der Waals surface area contributed by atoms with Crippen molar-refractivity contribution in [2.75, 3.05) is 13.2 Å². The molecule has 1 fully saturated rings. The molecule has 0 aromatic heterocycles. The van der Waals surface area contributed by atoms with Gasteiger partial charge in [-0.3, -0.25) is 0 Å². The van der Waals surface area contributed by atoms with Gasteiger partial charge in [-0.1, -0.05) is 66.7 Å². The fourth-order valence-corrected chi connectivity index (χ4v) is 5.54. The van der Waals surface area contributed by atoms with Gasteiger partial charge in [-0.15, -0.1) is 0 Å². The van der Waals surface area contributed by atoms with Gasteiger partial charge < -0.3 is 19.9 Å². The molecular formula is C32H37NO4. The van der Waals surface area contributed by atoms with E-state index in [9.17, 15) is 9.90 Å². The van der Waals surface area contributed by atoms with Crippen LogP contribution in [0.25, 0.3) is 11.1 Å². The van der Waals surface area contributed by atoms with E-state index in [1.807, 2.05) is 49.4 Å². The van der Waals surface area contributed by atoms with Crippen molar-refractivity contribution in [3.63, 3.8) is 0 Å². The van der Waals surface area contributed by atoms with Crippen LogP contribution in [0.2, 0.25) is 0 Å². The third-order valence-corrected chi connectivity index (χ3v) is 7.73. The molecule has 0 spiro atoms. The zero-order valence-electron chi connectivity index (χ0n) is 21.8. The number of fused-ring (bicyclic) bond motifs is 1. The first-order valence-corrected chi connectivity index (χ1v) is 13.4. The van der Waals surface area contributed by atoms with Gasteiger partial charge in [-0.25, -0.2) is 4.79 Å². The summed E-state index contributed by atoms with van der Waals surface area (Å²) >= 11 is 0. The van der Waals surface area contributed by atoms with Crippen LogP contribution in [0.1, 0.15) is 53.2 Å². The highest BCUT2D eigenvalue weighted by Crippen LogP contribution is 2.44. The van der Waals surface area contributed by atoms with Gasteiger partial charge in [-0.05, 0) is 85.8 Å². The molecule has 0 saturated heterocycles. The Hall–Kier alpha value is -2.99. The molecule has 5 heteroatoms. The Morgan fingerprint density at radius 3 is 2.32 bits per heavy atom. The van der Waals surface area contributed by atoms with E-state index in [0.717, 1.165) is 48.8 Å². The smallest absolute Gasteiger partial charge is 0.340 e. The summed E-state index contributed by atoms with van der Waals surface area (Å²) in [6, 6.07) is 24.5. The number of ether oxygens (including phenoxy) is 2. The number of benzene rings is 3. The van der Waals surface area contributed by atoms with Gasteiger partial charge in [0, 0.05) is 12.1 Å². The normalized spacial score (nSPS) is 17.7. The highest BCUT2D eigenvalue weighted by molar-refractivity contribution is 5.92. The van der Waals surface area contributed by atoms with Crippen LogP contribution >= 0.6 is 0 Å². The molecule has 5 rings (SSSR count). The van der Waals surface area contributed by atoms with Crippen LogP contribution in [0, 0.1) is 12.8 Å². The summed E-state index contributed by atoms with van der Waals surface area (Å²) in [6.07, 6.45) is 4.36. The number of hydrogen-bond acceptors (Lipinski definition) is 5. The molecule has 2 aliphatic rings. The maximum absolute atomic E-state index is 12.7. The average molecular weight is 500 g/mol. The van der Waals surface area contributed by atoms with Crippen LogP contribution in [-0.4, -0.2) is 42.2 Å². The van der Waals surface area contributed by atoms with Gasteiger partial charge in [0.05, 0.1) is 18.3 Å². The largest absolute Gasteiger partial charge is 0.432 e. The summed E-state index contributed by atoms with van der Waals surface area (Å²) in [6.45, 7) is 4.17. The minimum atomic E-state index is -0.748. The van der Waals surface area contributed by atoms with E-state index in [1.54, 1.807) is 13.0 Å². The number of carbonyl (C=O) groups is 1. The lowest BCUT2D eigenvalue weighted by Gasteiger charge is -2.23. The minimum absolute atomic E-state index is 0.109. The maximum atomic E-state index is 12.7. The first-order chi connectivity index (χ1) is 17.9. The van der Waals surface area contributed by atoms with Gasteiger partial charge >= 0.3 is 5.97 Å².